The van der Waals surface area contributed by atoms with Crippen molar-refractivity contribution >= 4 is 23.1 Å². The minimum Gasteiger partial charge on any atom is -0.465 e. The summed E-state index contributed by atoms with van der Waals surface area (Å²) < 4.78 is 0. The molecule has 2 aromatic heterocycles. The van der Waals surface area contributed by atoms with E-state index in [4.69, 9.17) is 19.8 Å². The molecule has 1 aromatic carbocycles. The fourth-order valence-electron chi connectivity index (χ4n) is 1.43. The molecular weight excluding hydrogens is 312 g/mol. The van der Waals surface area contributed by atoms with Gasteiger partial charge in [0, 0.05) is 29.5 Å². The van der Waals surface area contributed by atoms with Crippen LogP contribution in [0.4, 0.5) is 9.59 Å². The third kappa shape index (κ3) is 12.2. The maximum absolute atomic E-state index is 8.78. The van der Waals surface area contributed by atoms with Gasteiger partial charge in [0.15, 0.2) is 0 Å². The third-order valence-electron chi connectivity index (χ3n) is 2.29. The van der Waals surface area contributed by atoms with Gasteiger partial charge < -0.3 is 26.7 Å². The lowest BCUT2D eigenvalue weighted by atomic mass is 10.2. The highest BCUT2D eigenvalue weighted by Gasteiger charge is 1.87. The highest BCUT2D eigenvalue weighted by atomic mass is 16.4. The number of aromatic nitrogens is 2. The van der Waals surface area contributed by atoms with E-state index in [0.717, 1.165) is 10.9 Å². The SMILES string of the molecule is Cc1ccccc1.NC(=O)O.NC(=O)O.c1cc2[nH]ccc2cn1. The molecule has 24 heavy (non-hydrogen) atoms. The molecule has 0 saturated heterocycles. The minimum absolute atomic E-state index is 1.14. The van der Waals surface area contributed by atoms with E-state index in [1.807, 2.05) is 42.7 Å². The van der Waals surface area contributed by atoms with Gasteiger partial charge in [0.05, 0.1) is 0 Å². The lowest BCUT2D eigenvalue weighted by Crippen LogP contribution is -2.03. The van der Waals surface area contributed by atoms with Gasteiger partial charge in [-0.3, -0.25) is 4.98 Å². The van der Waals surface area contributed by atoms with Crippen molar-refractivity contribution in [3.8, 4) is 0 Å². The number of benzene rings is 1. The fourth-order valence-corrected chi connectivity index (χ4v) is 1.43. The Morgan fingerprint density at radius 2 is 1.54 bits per heavy atom. The maximum atomic E-state index is 8.78. The number of nitrogens with two attached hydrogens (primary N) is 2. The Balaban J connectivity index is 0.000000317. The van der Waals surface area contributed by atoms with Crippen LogP contribution in [0.15, 0.2) is 61.1 Å². The number of rotatable bonds is 0. The third-order valence-corrected chi connectivity index (χ3v) is 2.29. The van der Waals surface area contributed by atoms with Gasteiger partial charge in [-0.2, -0.15) is 0 Å². The number of H-pyrrole nitrogens is 1. The summed E-state index contributed by atoms with van der Waals surface area (Å²) in [6.45, 7) is 2.08. The second kappa shape index (κ2) is 12.0. The molecule has 0 bridgehead atoms. The molecular formula is C16H20N4O4. The molecule has 0 aliphatic heterocycles. The molecule has 0 unspecified atom stereocenters. The number of nitrogens with one attached hydrogen (secondary N) is 1. The Labute approximate surface area is 138 Å². The second-order valence-electron chi connectivity index (χ2n) is 4.27. The van der Waals surface area contributed by atoms with E-state index < -0.39 is 12.2 Å². The van der Waals surface area contributed by atoms with Crippen molar-refractivity contribution in [1.82, 2.24) is 9.97 Å². The molecule has 7 N–H and O–H groups in total. The van der Waals surface area contributed by atoms with Crippen LogP contribution in [-0.2, 0) is 0 Å². The monoisotopic (exact) mass is 332 g/mol. The summed E-state index contributed by atoms with van der Waals surface area (Å²) in [5, 5.41) is 15.6. The normalized spacial score (nSPS) is 8.38. The highest BCUT2D eigenvalue weighted by molar-refractivity contribution is 5.77. The van der Waals surface area contributed by atoms with E-state index in [0.29, 0.717) is 0 Å². The molecule has 8 nitrogen and oxygen atoms in total. The summed E-state index contributed by atoms with van der Waals surface area (Å²) in [5.41, 5.74) is 10.5. The van der Waals surface area contributed by atoms with Gasteiger partial charge in [-0.25, -0.2) is 9.59 Å². The van der Waals surface area contributed by atoms with E-state index in [2.05, 4.69) is 40.5 Å². The first kappa shape index (κ1) is 20.5. The van der Waals surface area contributed by atoms with Gasteiger partial charge in [0.25, 0.3) is 0 Å². The maximum Gasteiger partial charge on any atom is 0.402 e. The fraction of sp³-hybridized carbons (Fsp3) is 0.0625. The molecule has 0 aliphatic carbocycles. The van der Waals surface area contributed by atoms with Crippen LogP contribution >= 0.6 is 0 Å². The smallest absolute Gasteiger partial charge is 0.402 e. The first-order chi connectivity index (χ1) is 11.3. The largest absolute Gasteiger partial charge is 0.465 e. The van der Waals surface area contributed by atoms with Crippen LogP contribution in [0.3, 0.4) is 0 Å². The number of hydrogen-bond donors (Lipinski definition) is 5. The van der Waals surface area contributed by atoms with Gasteiger partial charge in [0.1, 0.15) is 0 Å². The molecule has 128 valence electrons. The van der Waals surface area contributed by atoms with Crippen LogP contribution in [0.2, 0.25) is 0 Å². The van der Waals surface area contributed by atoms with Gasteiger partial charge in [-0.1, -0.05) is 35.9 Å². The number of aryl methyl sites for hydroxylation is 1. The minimum atomic E-state index is -1.33. The quantitative estimate of drug-likeness (QED) is 0.428. The molecule has 0 spiro atoms. The van der Waals surface area contributed by atoms with E-state index in [-0.39, 0.29) is 0 Å². The summed E-state index contributed by atoms with van der Waals surface area (Å²) in [7, 11) is 0. The molecule has 0 fully saturated rings. The Morgan fingerprint density at radius 1 is 1.00 bits per heavy atom. The van der Waals surface area contributed by atoms with Crippen molar-refractivity contribution in [2.24, 2.45) is 11.5 Å². The van der Waals surface area contributed by atoms with Crippen molar-refractivity contribution in [2.75, 3.05) is 0 Å². The molecule has 3 aromatic rings. The Morgan fingerprint density at radius 3 is 1.96 bits per heavy atom. The second-order valence-corrected chi connectivity index (χ2v) is 4.27. The van der Waals surface area contributed by atoms with Gasteiger partial charge in [-0.15, -0.1) is 0 Å². The molecule has 2 heterocycles. The number of hydrogen-bond acceptors (Lipinski definition) is 3. The first-order valence-corrected chi connectivity index (χ1v) is 6.68. The molecule has 2 amide bonds. The van der Waals surface area contributed by atoms with Crippen molar-refractivity contribution < 1.29 is 19.8 Å². The average Bonchev–Trinajstić information content (AvgIpc) is 2.96. The lowest BCUT2D eigenvalue weighted by Gasteiger charge is -1.82. The number of amides is 2. The van der Waals surface area contributed by atoms with Gasteiger partial charge in [-0.05, 0) is 19.1 Å². The Bertz CT molecular complexity index is 679. The van der Waals surface area contributed by atoms with Crippen molar-refractivity contribution in [3.05, 3.63) is 66.6 Å². The number of carboxylic acid groups (broad SMARTS) is 2. The van der Waals surface area contributed by atoms with Crippen molar-refractivity contribution in [2.45, 2.75) is 6.92 Å². The van der Waals surface area contributed by atoms with Crippen molar-refractivity contribution in [3.63, 3.8) is 0 Å². The van der Waals surface area contributed by atoms with Crippen LogP contribution in [-0.4, -0.2) is 32.4 Å². The van der Waals surface area contributed by atoms with E-state index in [1.54, 1.807) is 6.20 Å². The molecule has 0 aliphatic rings. The Kier molecular flexibility index (Phi) is 10.3. The summed E-state index contributed by atoms with van der Waals surface area (Å²) in [6, 6.07) is 14.2. The number of nitrogens with zero attached hydrogens (tertiary/aromatic N) is 1. The number of aromatic amines is 1. The van der Waals surface area contributed by atoms with Crippen LogP contribution in [0.1, 0.15) is 5.56 Å². The van der Waals surface area contributed by atoms with Crippen LogP contribution in [0, 0.1) is 6.92 Å². The van der Waals surface area contributed by atoms with Crippen LogP contribution in [0.5, 0.6) is 0 Å². The zero-order valence-corrected chi connectivity index (χ0v) is 13.1. The summed E-state index contributed by atoms with van der Waals surface area (Å²) in [5.74, 6) is 0. The first-order valence-electron chi connectivity index (χ1n) is 6.68. The van der Waals surface area contributed by atoms with E-state index >= 15 is 0 Å². The summed E-state index contributed by atoms with van der Waals surface area (Å²) in [4.78, 5) is 24.6. The zero-order chi connectivity index (χ0) is 18.4. The van der Waals surface area contributed by atoms with E-state index in [9.17, 15) is 0 Å². The number of primary amides is 2. The highest BCUT2D eigenvalue weighted by Crippen LogP contribution is 2.07. The predicted molar refractivity (Wildman–Crippen MR) is 91.7 cm³/mol. The Hall–Kier alpha value is -3.55. The summed E-state index contributed by atoms with van der Waals surface area (Å²) >= 11 is 0. The van der Waals surface area contributed by atoms with Crippen LogP contribution < -0.4 is 11.5 Å². The van der Waals surface area contributed by atoms with Gasteiger partial charge >= 0.3 is 12.2 Å². The van der Waals surface area contributed by atoms with E-state index in [1.165, 1.54) is 5.56 Å². The zero-order valence-electron chi connectivity index (χ0n) is 13.1. The lowest BCUT2D eigenvalue weighted by molar-refractivity contribution is 0.204. The number of fused-ring (bicyclic) bond motifs is 1. The standard InChI is InChI=1S/C7H6N2.C7H8.2CH3NO2/c1-4-9-7-2-3-8-5-6(1)7;1-7-5-3-2-4-6-7;2*2-1(3)4/h1-5,9H;2-6H,1H3;2*2H2,(H,3,4). The van der Waals surface area contributed by atoms with Crippen LogP contribution in [0.25, 0.3) is 10.9 Å². The number of carbonyl (C=O) groups is 2. The summed E-state index contributed by atoms with van der Waals surface area (Å²) in [6.07, 6.45) is 2.86. The molecule has 0 saturated carbocycles. The number of pyridine rings is 1. The molecule has 8 heteroatoms. The average molecular weight is 332 g/mol. The molecule has 0 atom stereocenters. The predicted octanol–water partition coefficient (Wildman–Crippen LogP) is 2.80. The van der Waals surface area contributed by atoms with Gasteiger partial charge in [0.2, 0.25) is 0 Å². The topological polar surface area (TPSA) is 155 Å². The molecule has 0 radical (unpaired) electrons. The molecule has 3 rings (SSSR count). The van der Waals surface area contributed by atoms with Crippen molar-refractivity contribution in [1.29, 1.82) is 0 Å².